The van der Waals surface area contributed by atoms with Crippen LogP contribution in [0.5, 0.6) is 0 Å². The maximum Gasteiger partial charge on any atom is 0.221 e. The van der Waals surface area contributed by atoms with Gasteiger partial charge in [-0.15, -0.1) is 11.3 Å². The van der Waals surface area contributed by atoms with Gasteiger partial charge in [-0.25, -0.2) is 0 Å². The number of unbranched alkanes of at least 4 members (excludes halogenated alkanes) is 1. The number of fused-ring (bicyclic) bond motifs is 11. The van der Waals surface area contributed by atoms with Crippen LogP contribution in [0.3, 0.4) is 0 Å². The van der Waals surface area contributed by atoms with Gasteiger partial charge >= 0.3 is 0 Å². The molecule has 0 amide bonds. The third kappa shape index (κ3) is 5.28. The number of aromatic nitrogens is 2. The first-order chi connectivity index (χ1) is 29.2. The average molecular weight is 796 g/mol. The van der Waals surface area contributed by atoms with Crippen molar-refractivity contribution in [1.29, 1.82) is 0 Å². The Labute approximate surface area is 358 Å². The summed E-state index contributed by atoms with van der Waals surface area (Å²) in [6, 6.07) is 53.3. The minimum atomic E-state index is -0.149. The number of hydrogen-bond donors (Lipinski definition) is 0. The van der Waals surface area contributed by atoms with Crippen molar-refractivity contribution in [2.75, 3.05) is 0 Å². The molecule has 4 heterocycles. The van der Waals surface area contributed by atoms with Crippen molar-refractivity contribution in [1.82, 2.24) is 4.57 Å². The summed E-state index contributed by atoms with van der Waals surface area (Å²) in [5.74, 6) is 0. The van der Waals surface area contributed by atoms with E-state index in [0.717, 1.165) is 19.3 Å². The number of rotatable bonds is 8. The molecule has 60 heavy (non-hydrogen) atoms. The second-order valence-corrected chi connectivity index (χ2v) is 18.8. The molecule has 0 atom stereocenters. The number of aryl methyl sites for hydroxylation is 1. The molecule has 2 nitrogen and oxygen atoms in total. The Morgan fingerprint density at radius 3 is 2.10 bits per heavy atom. The predicted octanol–water partition coefficient (Wildman–Crippen LogP) is 15.5. The first-order valence-corrected chi connectivity index (χ1v) is 22.8. The number of benzene rings is 6. The van der Waals surface area contributed by atoms with E-state index in [1.165, 1.54) is 122 Å². The molecule has 3 aromatic heterocycles. The van der Waals surface area contributed by atoms with Gasteiger partial charge in [0.25, 0.3) is 0 Å². The molecule has 0 saturated carbocycles. The zero-order chi connectivity index (χ0) is 40.9. The molecule has 1 aliphatic carbocycles. The fraction of sp³-hybridized carbons (Fsp3) is 0.211. The van der Waals surface area contributed by atoms with Crippen LogP contribution in [0.15, 0.2) is 152 Å². The molecule has 0 unspecified atom stereocenters. The number of nitrogens with zero attached hydrogens (tertiary/aromatic N) is 2. The Kier molecular flexibility index (Phi) is 8.49. The van der Waals surface area contributed by atoms with Crippen LogP contribution in [0.2, 0.25) is 0 Å². The molecule has 0 N–H and O–H groups in total. The van der Waals surface area contributed by atoms with E-state index < -0.39 is 0 Å². The summed E-state index contributed by atoms with van der Waals surface area (Å²) < 4.78 is 5.04. The highest BCUT2D eigenvalue weighted by Crippen LogP contribution is 2.52. The molecule has 0 saturated heterocycles. The third-order valence-electron chi connectivity index (χ3n) is 14.3. The van der Waals surface area contributed by atoms with E-state index >= 15 is 0 Å². The van der Waals surface area contributed by atoms with Gasteiger partial charge in [0.1, 0.15) is 0 Å². The lowest BCUT2D eigenvalue weighted by Crippen LogP contribution is -2.59. The Balaban J connectivity index is 1.05. The van der Waals surface area contributed by atoms with Crippen LogP contribution in [-0.4, -0.2) is 4.57 Å². The van der Waals surface area contributed by atoms with E-state index in [2.05, 4.69) is 189 Å². The monoisotopic (exact) mass is 795 g/mol. The van der Waals surface area contributed by atoms with Gasteiger partial charge in [0.05, 0.1) is 22.0 Å². The summed E-state index contributed by atoms with van der Waals surface area (Å²) in [6.45, 7) is 16.4. The van der Waals surface area contributed by atoms with Crippen LogP contribution >= 0.6 is 11.3 Å². The fourth-order valence-electron chi connectivity index (χ4n) is 10.9. The van der Waals surface area contributed by atoms with Crippen molar-refractivity contribution in [3.8, 4) is 49.0 Å². The van der Waals surface area contributed by atoms with Gasteiger partial charge in [0.2, 0.25) is 5.69 Å². The van der Waals surface area contributed by atoms with Gasteiger partial charge in [0, 0.05) is 56.1 Å². The summed E-state index contributed by atoms with van der Waals surface area (Å²) in [4.78, 5) is 2.55. The molecule has 0 fully saturated rings. The number of hydrogen-bond acceptors (Lipinski definition) is 1. The first-order valence-electron chi connectivity index (χ1n) is 22.0. The molecule has 9 aromatic rings. The highest BCUT2D eigenvalue weighted by atomic mass is 32.1. The van der Waals surface area contributed by atoms with Gasteiger partial charge in [0.15, 0.2) is 11.7 Å². The second-order valence-electron chi connectivity index (χ2n) is 17.7. The Bertz CT molecular complexity index is 3200. The van der Waals surface area contributed by atoms with E-state index in [1.54, 1.807) is 0 Å². The van der Waals surface area contributed by atoms with Crippen LogP contribution < -0.4 is 4.57 Å². The molecule has 0 radical (unpaired) electrons. The average Bonchev–Trinajstić information content (AvgIpc) is 3.97. The van der Waals surface area contributed by atoms with Crippen molar-refractivity contribution < 1.29 is 4.57 Å². The number of thiophene rings is 1. The van der Waals surface area contributed by atoms with Crippen LogP contribution in [0.25, 0.3) is 87.1 Å². The molecule has 6 aromatic carbocycles. The van der Waals surface area contributed by atoms with Crippen LogP contribution in [-0.2, 0) is 17.4 Å². The highest BCUT2D eigenvalue weighted by Gasteiger charge is 2.47. The van der Waals surface area contributed by atoms with Crippen molar-refractivity contribution in [2.45, 2.75) is 77.7 Å². The molecule has 11 rings (SSSR count). The smallest absolute Gasteiger partial charge is 0.221 e. The zero-order valence-corrected chi connectivity index (χ0v) is 36.2. The fourth-order valence-corrected chi connectivity index (χ4v) is 11.9. The van der Waals surface area contributed by atoms with Crippen molar-refractivity contribution in [3.05, 3.63) is 175 Å². The lowest BCUT2D eigenvalue weighted by molar-refractivity contribution is -0.740. The van der Waals surface area contributed by atoms with Crippen molar-refractivity contribution in [2.24, 2.45) is 0 Å². The van der Waals surface area contributed by atoms with Crippen LogP contribution in [0.1, 0.15) is 82.6 Å². The number of allylic oxidation sites excluding steroid dienone is 1. The van der Waals surface area contributed by atoms with Crippen molar-refractivity contribution in [3.63, 3.8) is 0 Å². The third-order valence-corrected chi connectivity index (χ3v) is 15.5. The largest absolute Gasteiger partial charge is 0.309 e. The first kappa shape index (κ1) is 37.0. The molecule has 3 heteroatoms. The number of pyridine rings is 1. The summed E-state index contributed by atoms with van der Waals surface area (Å²) in [5, 5.41) is 5.16. The quantitative estimate of drug-likeness (QED) is 0.135. The molecular weight excluding hydrogens is 745 g/mol. The Morgan fingerprint density at radius 2 is 1.32 bits per heavy atom. The van der Waals surface area contributed by atoms with Crippen LogP contribution in [0.4, 0.5) is 0 Å². The van der Waals surface area contributed by atoms with Gasteiger partial charge in [-0.2, -0.15) is 4.57 Å². The summed E-state index contributed by atoms with van der Waals surface area (Å²) in [6.07, 6.45) is 7.84. The Morgan fingerprint density at radius 1 is 0.600 bits per heavy atom. The van der Waals surface area contributed by atoms with E-state index in [-0.39, 0.29) is 11.0 Å². The van der Waals surface area contributed by atoms with Gasteiger partial charge in [-0.1, -0.05) is 120 Å². The van der Waals surface area contributed by atoms with Crippen LogP contribution in [0, 0.1) is 0 Å². The molecule has 1 aliphatic heterocycles. The summed E-state index contributed by atoms with van der Waals surface area (Å²) in [7, 11) is 0. The van der Waals surface area contributed by atoms with Gasteiger partial charge in [-0.05, 0) is 123 Å². The maximum atomic E-state index is 4.78. The highest BCUT2D eigenvalue weighted by molar-refractivity contribution is 7.18. The maximum absolute atomic E-state index is 4.78. The molecule has 294 valence electrons. The topological polar surface area (TPSA) is 8.81 Å². The molecule has 0 spiro atoms. The Hall–Kier alpha value is -6.03. The molecule has 0 bridgehead atoms. The lowest BCUT2D eigenvalue weighted by Gasteiger charge is -2.35. The van der Waals surface area contributed by atoms with E-state index in [1.807, 2.05) is 11.3 Å². The zero-order valence-electron chi connectivity index (χ0n) is 35.4. The van der Waals surface area contributed by atoms with E-state index in [9.17, 15) is 0 Å². The van der Waals surface area contributed by atoms with Gasteiger partial charge < -0.3 is 4.57 Å². The minimum absolute atomic E-state index is 0.0726. The van der Waals surface area contributed by atoms with Gasteiger partial charge in [-0.3, -0.25) is 0 Å². The summed E-state index contributed by atoms with van der Waals surface area (Å²) in [5.41, 5.74) is 18.0. The second kappa shape index (κ2) is 13.8. The minimum Gasteiger partial charge on any atom is -0.309 e. The van der Waals surface area contributed by atoms with Crippen molar-refractivity contribution >= 4 is 49.5 Å². The van der Waals surface area contributed by atoms with E-state index in [0.29, 0.717) is 0 Å². The summed E-state index contributed by atoms with van der Waals surface area (Å²) >= 11 is 1.88. The standard InChI is InChI=1S/C57H51N2S/c1-7-10-15-37-20-24-41(25-21-37)59-51-27-23-40(32-46(51)47-34-45-44-18-13-14-19-49(44)56(5,6)50(45)35-52(47)59)54-29-28-53(60-54)39-22-26-42-36(4)57(8-2,9-3)58-31-30-38-16-11-12-17-43(38)55(58)48(42)33-39/h11-14,16-35H,4,7-10,15H2,1-3,5-6H3/q+1. The molecular formula is C57H51N2S+. The predicted molar refractivity (Wildman–Crippen MR) is 256 cm³/mol. The SMILES string of the molecule is C=C1c2ccc(-c3ccc(-c4ccc5c(c4)c4cc6c(cc4n5-c4ccc(CCCC)cc4)C(C)(C)c4ccccc4-6)s3)cc2-c2c3ccccc3cc[n+]2C1(CC)CC. The van der Waals surface area contributed by atoms with E-state index in [4.69, 9.17) is 6.58 Å². The molecule has 2 aliphatic rings. The lowest BCUT2D eigenvalue weighted by atomic mass is 9.75. The normalized spacial score (nSPS) is 14.7.